The van der Waals surface area contributed by atoms with Crippen LogP contribution in [-0.4, -0.2) is 32.5 Å². The molecule has 0 bridgehead atoms. The van der Waals surface area contributed by atoms with Crippen LogP contribution in [0.3, 0.4) is 0 Å². The summed E-state index contributed by atoms with van der Waals surface area (Å²) in [6, 6.07) is 2.34. The van der Waals surface area contributed by atoms with Gasteiger partial charge in [-0.15, -0.1) is 6.42 Å². The SMILES string of the molecule is C#CCN1C(=O)C(C)Oc2cc(F)c(-n3c(=O)n4n(c3=O)CCCC4)cc21. The van der Waals surface area contributed by atoms with E-state index in [1.165, 1.54) is 20.3 Å². The van der Waals surface area contributed by atoms with Gasteiger partial charge >= 0.3 is 11.4 Å². The summed E-state index contributed by atoms with van der Waals surface area (Å²) < 4.78 is 23.7. The van der Waals surface area contributed by atoms with Gasteiger partial charge in [0.05, 0.1) is 17.9 Å². The van der Waals surface area contributed by atoms with E-state index in [4.69, 9.17) is 11.2 Å². The van der Waals surface area contributed by atoms with E-state index in [0.29, 0.717) is 13.1 Å². The topological polar surface area (TPSA) is 78.5 Å². The zero-order valence-electron chi connectivity index (χ0n) is 14.6. The van der Waals surface area contributed by atoms with Gasteiger partial charge in [-0.05, 0) is 25.8 Å². The fourth-order valence-corrected chi connectivity index (χ4v) is 3.52. The first-order chi connectivity index (χ1) is 12.9. The fraction of sp³-hybridized carbons (Fsp3) is 0.389. The molecule has 2 aliphatic heterocycles. The Labute approximate surface area is 153 Å². The molecule has 2 aromatic rings. The van der Waals surface area contributed by atoms with E-state index in [1.54, 1.807) is 6.92 Å². The minimum Gasteiger partial charge on any atom is -0.479 e. The van der Waals surface area contributed by atoms with Crippen molar-refractivity contribution in [3.63, 3.8) is 0 Å². The first-order valence-corrected chi connectivity index (χ1v) is 8.62. The number of halogens is 1. The molecule has 1 aromatic heterocycles. The smallest absolute Gasteiger partial charge is 0.351 e. The van der Waals surface area contributed by atoms with Crippen molar-refractivity contribution in [3.05, 3.63) is 38.9 Å². The third-order valence-corrected chi connectivity index (χ3v) is 4.83. The van der Waals surface area contributed by atoms with Crippen molar-refractivity contribution in [2.45, 2.75) is 39.0 Å². The highest BCUT2D eigenvalue weighted by Gasteiger charge is 2.33. The highest BCUT2D eigenvalue weighted by molar-refractivity contribution is 6.00. The Kier molecular flexibility index (Phi) is 3.91. The standard InChI is InChI=1S/C18H17FN4O4/c1-3-6-20-14-10-13(12(19)9-15(14)27-11(2)16(20)24)23-17(25)21-7-4-5-8-22(21)18(23)26/h1,9-11H,4-8H2,2H3. The molecule has 9 heteroatoms. The van der Waals surface area contributed by atoms with Crippen LogP contribution in [0.2, 0.25) is 0 Å². The lowest BCUT2D eigenvalue weighted by Crippen LogP contribution is -2.44. The second-order valence-electron chi connectivity index (χ2n) is 6.51. The minimum absolute atomic E-state index is 0.0370. The molecule has 0 fully saturated rings. The Morgan fingerprint density at radius 2 is 1.78 bits per heavy atom. The third kappa shape index (κ3) is 2.48. The fourth-order valence-electron chi connectivity index (χ4n) is 3.52. The van der Waals surface area contributed by atoms with Gasteiger partial charge in [-0.25, -0.2) is 27.9 Å². The van der Waals surface area contributed by atoms with Crippen LogP contribution in [0, 0.1) is 18.2 Å². The number of nitrogens with zero attached hydrogens (tertiary/aromatic N) is 4. The van der Waals surface area contributed by atoms with Crippen LogP contribution in [0.4, 0.5) is 10.1 Å². The van der Waals surface area contributed by atoms with E-state index in [2.05, 4.69) is 5.92 Å². The normalized spacial score (nSPS) is 18.5. The number of carbonyl (C=O) groups excluding carboxylic acids is 1. The van der Waals surface area contributed by atoms with E-state index in [1.807, 2.05) is 0 Å². The quantitative estimate of drug-likeness (QED) is 0.719. The molecule has 2 aliphatic rings. The van der Waals surface area contributed by atoms with E-state index in [-0.39, 0.29) is 29.6 Å². The molecule has 0 saturated heterocycles. The molecule has 0 spiro atoms. The summed E-state index contributed by atoms with van der Waals surface area (Å²) in [6.45, 7) is 2.30. The maximum absolute atomic E-state index is 14.8. The second-order valence-corrected chi connectivity index (χ2v) is 6.51. The maximum atomic E-state index is 14.8. The van der Waals surface area contributed by atoms with E-state index >= 15 is 0 Å². The molecule has 8 nitrogen and oxygen atoms in total. The number of rotatable bonds is 2. The Hall–Kier alpha value is -3.28. The lowest BCUT2D eigenvalue weighted by atomic mass is 10.1. The highest BCUT2D eigenvalue weighted by atomic mass is 19.1. The number of fused-ring (bicyclic) bond motifs is 2. The number of benzene rings is 1. The Bertz CT molecular complexity index is 1070. The number of ether oxygens (including phenoxy) is 1. The maximum Gasteiger partial charge on any atom is 0.351 e. The largest absolute Gasteiger partial charge is 0.479 e. The van der Waals surface area contributed by atoms with Gasteiger partial charge in [0.1, 0.15) is 5.75 Å². The molecule has 140 valence electrons. The van der Waals surface area contributed by atoms with Crippen molar-refractivity contribution in [1.29, 1.82) is 0 Å². The number of terminal acetylenes is 1. The number of hydrogen-bond donors (Lipinski definition) is 0. The van der Waals surface area contributed by atoms with Crippen molar-refractivity contribution >= 4 is 11.6 Å². The van der Waals surface area contributed by atoms with Gasteiger partial charge in [0, 0.05) is 19.2 Å². The van der Waals surface area contributed by atoms with Gasteiger partial charge in [-0.3, -0.25) is 9.69 Å². The average Bonchev–Trinajstić information content (AvgIpc) is 2.90. The summed E-state index contributed by atoms with van der Waals surface area (Å²) in [5.74, 6) is 1.35. The molecule has 1 unspecified atom stereocenters. The van der Waals surface area contributed by atoms with Gasteiger partial charge in [0.2, 0.25) is 0 Å². The van der Waals surface area contributed by atoms with Gasteiger partial charge in [-0.2, -0.15) is 0 Å². The van der Waals surface area contributed by atoms with E-state index in [9.17, 15) is 18.8 Å². The summed E-state index contributed by atoms with van der Waals surface area (Å²) in [5.41, 5.74) is -1.23. The average molecular weight is 372 g/mol. The number of anilines is 1. The van der Waals surface area contributed by atoms with Gasteiger partial charge in [0.15, 0.2) is 11.9 Å². The first kappa shape index (κ1) is 17.1. The molecule has 1 aromatic carbocycles. The molecule has 1 amide bonds. The van der Waals surface area contributed by atoms with Crippen molar-refractivity contribution in [3.8, 4) is 23.8 Å². The molecular weight excluding hydrogens is 355 g/mol. The van der Waals surface area contributed by atoms with E-state index < -0.39 is 23.3 Å². The summed E-state index contributed by atoms with van der Waals surface area (Å²) in [4.78, 5) is 39.0. The summed E-state index contributed by atoms with van der Waals surface area (Å²) in [6.07, 6.45) is 6.07. The van der Waals surface area contributed by atoms with Crippen molar-refractivity contribution in [2.24, 2.45) is 0 Å². The minimum atomic E-state index is -0.814. The molecule has 27 heavy (non-hydrogen) atoms. The molecule has 0 N–H and O–H groups in total. The van der Waals surface area contributed by atoms with Crippen LogP contribution in [0.25, 0.3) is 5.69 Å². The highest BCUT2D eigenvalue weighted by Crippen LogP contribution is 2.36. The summed E-state index contributed by atoms with van der Waals surface area (Å²) >= 11 is 0. The molecule has 1 atom stereocenters. The number of amides is 1. The van der Waals surface area contributed by atoms with Crippen LogP contribution in [0.15, 0.2) is 21.7 Å². The van der Waals surface area contributed by atoms with Gasteiger partial charge < -0.3 is 4.74 Å². The van der Waals surface area contributed by atoms with Crippen LogP contribution < -0.4 is 21.0 Å². The predicted octanol–water partition coefficient (Wildman–Crippen LogP) is 0.481. The molecule has 4 rings (SSSR count). The van der Waals surface area contributed by atoms with Crippen molar-refractivity contribution in [2.75, 3.05) is 11.4 Å². The summed E-state index contributed by atoms with van der Waals surface area (Å²) in [5, 5.41) is 0. The van der Waals surface area contributed by atoms with Crippen LogP contribution >= 0.6 is 0 Å². The Morgan fingerprint density at radius 3 is 2.37 bits per heavy atom. The third-order valence-electron chi connectivity index (χ3n) is 4.83. The van der Waals surface area contributed by atoms with Gasteiger partial charge in [0.25, 0.3) is 5.91 Å². The van der Waals surface area contributed by atoms with Crippen molar-refractivity contribution in [1.82, 2.24) is 13.9 Å². The lowest BCUT2D eigenvalue weighted by Gasteiger charge is -2.32. The lowest BCUT2D eigenvalue weighted by molar-refractivity contribution is -0.125. The molecule has 3 heterocycles. The monoisotopic (exact) mass is 372 g/mol. The number of carbonyl (C=O) groups is 1. The molecule has 0 saturated carbocycles. The Balaban J connectivity index is 1.94. The van der Waals surface area contributed by atoms with E-state index in [0.717, 1.165) is 23.5 Å². The molecular formula is C18H17FN4O4. The molecule has 0 aliphatic carbocycles. The number of aromatic nitrogens is 3. The van der Waals surface area contributed by atoms with Crippen LogP contribution in [0.1, 0.15) is 19.8 Å². The Morgan fingerprint density at radius 1 is 1.15 bits per heavy atom. The number of hydrogen-bond acceptors (Lipinski definition) is 4. The van der Waals surface area contributed by atoms with Crippen molar-refractivity contribution < 1.29 is 13.9 Å². The van der Waals surface area contributed by atoms with Gasteiger partial charge in [-0.1, -0.05) is 5.92 Å². The molecule has 0 radical (unpaired) electrons. The zero-order chi connectivity index (χ0) is 19.3. The second kappa shape index (κ2) is 6.16. The summed E-state index contributed by atoms with van der Waals surface area (Å²) in [7, 11) is 0. The first-order valence-electron chi connectivity index (χ1n) is 8.62. The van der Waals surface area contributed by atoms with Crippen LogP contribution in [0.5, 0.6) is 5.75 Å². The van der Waals surface area contributed by atoms with Crippen LogP contribution in [-0.2, 0) is 17.9 Å². The predicted molar refractivity (Wildman–Crippen MR) is 94.8 cm³/mol. The zero-order valence-corrected chi connectivity index (χ0v) is 14.6.